The van der Waals surface area contributed by atoms with E-state index in [0.29, 0.717) is 5.92 Å². The largest absolute Gasteiger partial charge is 0.383 e. The van der Waals surface area contributed by atoms with Crippen LogP contribution >= 0.6 is 15.9 Å². The fourth-order valence-corrected chi connectivity index (χ4v) is 3.15. The Balaban J connectivity index is 2.09. The molecule has 2 N–H and O–H groups in total. The van der Waals surface area contributed by atoms with E-state index in [2.05, 4.69) is 33.2 Å². The van der Waals surface area contributed by atoms with Crippen LogP contribution in [0.1, 0.15) is 24.5 Å². The molecule has 0 atom stereocenters. The van der Waals surface area contributed by atoms with Crippen molar-refractivity contribution in [2.24, 2.45) is 7.05 Å². The van der Waals surface area contributed by atoms with Gasteiger partial charge in [0.15, 0.2) is 0 Å². The first-order valence-electron chi connectivity index (χ1n) is 6.83. The molecule has 1 saturated heterocycles. The second kappa shape index (κ2) is 5.58. The van der Waals surface area contributed by atoms with Crippen molar-refractivity contribution >= 4 is 21.7 Å². The van der Waals surface area contributed by atoms with E-state index < -0.39 is 0 Å². The molecule has 5 heteroatoms. The number of aromatic nitrogens is 2. The van der Waals surface area contributed by atoms with Crippen LogP contribution in [-0.4, -0.2) is 23.0 Å². The van der Waals surface area contributed by atoms with Crippen LogP contribution in [-0.2, 0) is 11.8 Å². The summed E-state index contributed by atoms with van der Waals surface area (Å²) in [6.45, 7) is 1.61. The van der Waals surface area contributed by atoms with Crippen LogP contribution in [0.25, 0.3) is 11.1 Å². The van der Waals surface area contributed by atoms with E-state index >= 15 is 0 Å². The van der Waals surface area contributed by atoms with Crippen molar-refractivity contribution in [3.05, 3.63) is 34.4 Å². The smallest absolute Gasteiger partial charge is 0.129 e. The Morgan fingerprint density at radius 2 is 2.10 bits per heavy atom. The Bertz CT molecular complexity index is 618. The van der Waals surface area contributed by atoms with Crippen molar-refractivity contribution in [1.82, 2.24) is 9.78 Å². The van der Waals surface area contributed by atoms with Gasteiger partial charge in [-0.2, -0.15) is 5.10 Å². The average Bonchev–Trinajstić information content (AvgIpc) is 2.76. The quantitative estimate of drug-likeness (QED) is 0.915. The SMILES string of the molecule is Cn1nc(C2CCOCC2)c(-c2cccc(Br)c2)c1N. The van der Waals surface area contributed by atoms with Crippen LogP contribution in [0.5, 0.6) is 0 Å². The Labute approximate surface area is 127 Å². The second-order valence-corrected chi connectivity index (χ2v) is 6.08. The van der Waals surface area contributed by atoms with E-state index in [0.717, 1.165) is 53.2 Å². The molecular formula is C15H18BrN3O. The number of ether oxygens (including phenoxy) is 1. The van der Waals surface area contributed by atoms with Crippen molar-refractivity contribution in [1.29, 1.82) is 0 Å². The lowest BCUT2D eigenvalue weighted by molar-refractivity contribution is 0.0845. The molecule has 1 aromatic heterocycles. The van der Waals surface area contributed by atoms with E-state index in [1.807, 2.05) is 19.2 Å². The Morgan fingerprint density at radius 1 is 1.35 bits per heavy atom. The van der Waals surface area contributed by atoms with Crippen molar-refractivity contribution in [3.8, 4) is 11.1 Å². The number of hydrogen-bond donors (Lipinski definition) is 1. The third-order valence-electron chi connectivity index (χ3n) is 3.84. The average molecular weight is 336 g/mol. The number of halogens is 1. The van der Waals surface area contributed by atoms with Crippen molar-refractivity contribution in [2.75, 3.05) is 18.9 Å². The van der Waals surface area contributed by atoms with Gasteiger partial charge in [0.1, 0.15) is 5.82 Å². The molecule has 1 aliphatic rings. The van der Waals surface area contributed by atoms with Gasteiger partial charge in [0, 0.05) is 36.2 Å². The highest BCUT2D eigenvalue weighted by molar-refractivity contribution is 9.10. The minimum absolute atomic E-state index is 0.432. The zero-order valence-corrected chi connectivity index (χ0v) is 13.1. The number of hydrogen-bond acceptors (Lipinski definition) is 3. The minimum Gasteiger partial charge on any atom is -0.383 e. The topological polar surface area (TPSA) is 53.1 Å². The minimum atomic E-state index is 0.432. The zero-order chi connectivity index (χ0) is 14.1. The van der Waals surface area contributed by atoms with Gasteiger partial charge in [0.25, 0.3) is 0 Å². The standard InChI is InChI=1S/C15H18BrN3O/c1-19-15(17)13(11-3-2-4-12(16)9-11)14(18-19)10-5-7-20-8-6-10/h2-4,9-10H,5-8,17H2,1H3. The number of benzene rings is 1. The summed E-state index contributed by atoms with van der Waals surface area (Å²) in [6, 6.07) is 8.22. The summed E-state index contributed by atoms with van der Waals surface area (Å²) in [4.78, 5) is 0. The first kappa shape index (κ1) is 13.6. The van der Waals surface area contributed by atoms with E-state index in [4.69, 9.17) is 10.5 Å². The molecule has 3 rings (SSSR count). The normalized spacial score (nSPS) is 16.5. The highest BCUT2D eigenvalue weighted by Crippen LogP contribution is 2.38. The van der Waals surface area contributed by atoms with Crippen LogP contribution in [0.2, 0.25) is 0 Å². The number of anilines is 1. The molecule has 0 spiro atoms. The maximum absolute atomic E-state index is 6.25. The van der Waals surface area contributed by atoms with E-state index in [1.54, 1.807) is 4.68 Å². The van der Waals surface area contributed by atoms with Crippen LogP contribution in [0.15, 0.2) is 28.7 Å². The molecule has 0 bridgehead atoms. The molecule has 0 radical (unpaired) electrons. The molecule has 1 fully saturated rings. The van der Waals surface area contributed by atoms with Crippen LogP contribution in [0.3, 0.4) is 0 Å². The molecule has 106 valence electrons. The highest BCUT2D eigenvalue weighted by Gasteiger charge is 2.25. The van der Waals surface area contributed by atoms with Crippen molar-refractivity contribution in [3.63, 3.8) is 0 Å². The van der Waals surface area contributed by atoms with Gasteiger partial charge < -0.3 is 10.5 Å². The molecule has 2 aromatic rings. The lowest BCUT2D eigenvalue weighted by Gasteiger charge is -2.21. The van der Waals surface area contributed by atoms with E-state index in [9.17, 15) is 0 Å². The summed E-state index contributed by atoms with van der Waals surface area (Å²) in [6.07, 6.45) is 2.02. The Morgan fingerprint density at radius 3 is 2.80 bits per heavy atom. The van der Waals surface area contributed by atoms with Gasteiger partial charge in [-0.05, 0) is 30.5 Å². The molecule has 0 saturated carbocycles. The molecule has 1 aliphatic heterocycles. The molecule has 1 aromatic carbocycles. The fraction of sp³-hybridized carbons (Fsp3) is 0.400. The number of aryl methyl sites for hydroxylation is 1. The van der Waals surface area contributed by atoms with Gasteiger partial charge in [-0.15, -0.1) is 0 Å². The summed E-state index contributed by atoms with van der Waals surface area (Å²) in [5.74, 6) is 1.16. The number of nitrogens with zero attached hydrogens (tertiary/aromatic N) is 2. The molecule has 4 nitrogen and oxygen atoms in total. The van der Waals surface area contributed by atoms with E-state index in [1.165, 1.54) is 0 Å². The van der Waals surface area contributed by atoms with Gasteiger partial charge in [0.05, 0.1) is 5.69 Å². The van der Waals surface area contributed by atoms with E-state index in [-0.39, 0.29) is 0 Å². The summed E-state index contributed by atoms with van der Waals surface area (Å²) in [5, 5.41) is 4.66. The molecule has 0 amide bonds. The van der Waals surface area contributed by atoms with Crippen LogP contribution < -0.4 is 5.73 Å². The van der Waals surface area contributed by atoms with Crippen molar-refractivity contribution in [2.45, 2.75) is 18.8 Å². The third-order valence-corrected chi connectivity index (χ3v) is 4.33. The second-order valence-electron chi connectivity index (χ2n) is 5.17. The maximum atomic E-state index is 6.25. The molecule has 0 aliphatic carbocycles. The predicted molar refractivity (Wildman–Crippen MR) is 83.6 cm³/mol. The predicted octanol–water partition coefficient (Wildman–Crippen LogP) is 3.33. The summed E-state index contributed by atoms with van der Waals surface area (Å²) < 4.78 is 8.28. The molecule has 20 heavy (non-hydrogen) atoms. The Kier molecular flexibility index (Phi) is 3.81. The lowest BCUT2D eigenvalue weighted by Crippen LogP contribution is -2.15. The molecular weight excluding hydrogens is 318 g/mol. The highest BCUT2D eigenvalue weighted by atomic mass is 79.9. The summed E-state index contributed by atoms with van der Waals surface area (Å²) in [5.41, 5.74) is 9.54. The molecule has 2 heterocycles. The molecule has 0 unspecified atom stereocenters. The number of rotatable bonds is 2. The fourth-order valence-electron chi connectivity index (χ4n) is 2.76. The van der Waals surface area contributed by atoms with Gasteiger partial charge >= 0.3 is 0 Å². The first-order valence-corrected chi connectivity index (χ1v) is 7.62. The Hall–Kier alpha value is -1.33. The van der Waals surface area contributed by atoms with Gasteiger partial charge in [0.2, 0.25) is 0 Å². The summed E-state index contributed by atoms with van der Waals surface area (Å²) in [7, 11) is 1.90. The maximum Gasteiger partial charge on any atom is 0.129 e. The first-order chi connectivity index (χ1) is 9.66. The summed E-state index contributed by atoms with van der Waals surface area (Å²) >= 11 is 3.52. The third kappa shape index (κ3) is 2.47. The van der Waals surface area contributed by atoms with Gasteiger partial charge in [-0.1, -0.05) is 28.1 Å². The monoisotopic (exact) mass is 335 g/mol. The number of nitrogens with two attached hydrogens (primary N) is 1. The lowest BCUT2D eigenvalue weighted by atomic mass is 9.91. The number of nitrogen functional groups attached to an aromatic ring is 1. The van der Waals surface area contributed by atoms with Gasteiger partial charge in [-0.25, -0.2) is 0 Å². The van der Waals surface area contributed by atoms with Crippen molar-refractivity contribution < 1.29 is 4.74 Å². The zero-order valence-electron chi connectivity index (χ0n) is 11.5. The van der Waals surface area contributed by atoms with Crippen LogP contribution in [0.4, 0.5) is 5.82 Å². The van der Waals surface area contributed by atoms with Crippen LogP contribution in [0, 0.1) is 0 Å². The van der Waals surface area contributed by atoms with Gasteiger partial charge in [-0.3, -0.25) is 4.68 Å².